The molecule has 1 amide bonds. The highest BCUT2D eigenvalue weighted by atomic mass is 127. The Hall–Kier alpha value is -0.570. The van der Waals surface area contributed by atoms with E-state index in [1.54, 1.807) is 0 Å². The first kappa shape index (κ1) is 22.7. The fourth-order valence-corrected chi connectivity index (χ4v) is 4.61. The van der Waals surface area contributed by atoms with Crippen LogP contribution in [-0.4, -0.2) is 67.0 Å². The number of hydrogen-bond acceptors (Lipinski definition) is 3. The molecule has 0 atom stereocenters. The number of halogens is 1. The Labute approximate surface area is 181 Å². The second kappa shape index (κ2) is 12.1. The Balaban J connectivity index is 0.00000261. The van der Waals surface area contributed by atoms with E-state index in [2.05, 4.69) is 20.1 Å². The summed E-state index contributed by atoms with van der Waals surface area (Å²) in [6.45, 7) is 5.33. The molecule has 0 aromatic carbocycles. The summed E-state index contributed by atoms with van der Waals surface area (Å²) in [4.78, 5) is 21.6. The van der Waals surface area contributed by atoms with Gasteiger partial charge in [-0.05, 0) is 25.7 Å². The number of hydrogen-bond donors (Lipinski definition) is 2. The van der Waals surface area contributed by atoms with Gasteiger partial charge in [-0.2, -0.15) is 0 Å². The molecule has 6 nitrogen and oxygen atoms in total. The fourth-order valence-electron chi connectivity index (χ4n) is 4.61. The summed E-state index contributed by atoms with van der Waals surface area (Å²) in [5.74, 6) is 1.30. The normalized spacial score (nSPS) is 23.7. The van der Waals surface area contributed by atoms with Gasteiger partial charge in [-0.25, -0.2) is 0 Å². The zero-order valence-electron chi connectivity index (χ0n) is 16.7. The summed E-state index contributed by atoms with van der Waals surface area (Å²) >= 11 is 0. The van der Waals surface area contributed by atoms with Crippen LogP contribution in [-0.2, 0) is 4.79 Å². The summed E-state index contributed by atoms with van der Waals surface area (Å²) in [5.41, 5.74) is 6.03. The van der Waals surface area contributed by atoms with E-state index in [9.17, 15) is 4.79 Å². The molecule has 0 aromatic heterocycles. The monoisotopic (exact) mass is 491 g/mol. The van der Waals surface area contributed by atoms with Gasteiger partial charge in [-0.3, -0.25) is 14.7 Å². The van der Waals surface area contributed by atoms with Crippen molar-refractivity contribution in [1.82, 2.24) is 15.1 Å². The molecule has 0 aromatic rings. The number of nitrogens with two attached hydrogens (primary N) is 1. The van der Waals surface area contributed by atoms with Crippen molar-refractivity contribution in [2.75, 3.05) is 39.3 Å². The van der Waals surface area contributed by atoms with Crippen LogP contribution in [0.5, 0.6) is 0 Å². The van der Waals surface area contributed by atoms with E-state index in [0.717, 1.165) is 52.1 Å². The molecule has 1 saturated heterocycles. The van der Waals surface area contributed by atoms with E-state index in [1.807, 2.05) is 0 Å². The van der Waals surface area contributed by atoms with E-state index in [1.165, 1.54) is 51.4 Å². The molecule has 2 aliphatic carbocycles. The number of carbonyl (C=O) groups excluding carboxylic acids is 1. The highest BCUT2D eigenvalue weighted by Gasteiger charge is 2.28. The Bertz CT molecular complexity index is 467. The first-order chi connectivity index (χ1) is 12.7. The number of nitrogens with zero attached hydrogens (tertiary/aromatic N) is 3. The van der Waals surface area contributed by atoms with Crippen molar-refractivity contribution in [2.24, 2.45) is 16.6 Å². The lowest BCUT2D eigenvalue weighted by molar-refractivity contribution is -0.138. The largest absolute Gasteiger partial charge is 0.370 e. The minimum atomic E-state index is 0. The predicted octanol–water partition coefficient (Wildman–Crippen LogP) is 2.57. The zero-order valence-corrected chi connectivity index (χ0v) is 19.0. The van der Waals surface area contributed by atoms with Crippen molar-refractivity contribution in [3.63, 3.8) is 0 Å². The van der Waals surface area contributed by atoms with Gasteiger partial charge in [0.2, 0.25) is 5.91 Å². The van der Waals surface area contributed by atoms with Crippen molar-refractivity contribution in [1.29, 1.82) is 0 Å². The zero-order chi connectivity index (χ0) is 18.2. The molecule has 1 aliphatic heterocycles. The van der Waals surface area contributed by atoms with E-state index < -0.39 is 0 Å². The molecule has 0 unspecified atom stereocenters. The summed E-state index contributed by atoms with van der Waals surface area (Å²) in [6.07, 6.45) is 12.3. The third-order valence-corrected chi connectivity index (χ3v) is 6.29. The van der Waals surface area contributed by atoms with Gasteiger partial charge >= 0.3 is 0 Å². The number of aliphatic imine (C=N–C) groups is 1. The second-order valence-corrected chi connectivity index (χ2v) is 8.25. The molecule has 0 bridgehead atoms. The number of rotatable bonds is 5. The van der Waals surface area contributed by atoms with Crippen molar-refractivity contribution in [2.45, 2.75) is 70.3 Å². The SMILES string of the molecule is I.NC(=NCCN1CCN(C(=O)C2CCCCC2)CC1)NC1CCCCC1. The van der Waals surface area contributed by atoms with Crippen molar-refractivity contribution >= 4 is 35.8 Å². The third kappa shape index (κ3) is 7.40. The average molecular weight is 491 g/mol. The molecule has 3 fully saturated rings. The number of guanidine groups is 1. The Kier molecular flexibility index (Phi) is 10.2. The van der Waals surface area contributed by atoms with Gasteiger partial charge in [0.05, 0.1) is 6.54 Å². The van der Waals surface area contributed by atoms with Crippen molar-refractivity contribution < 1.29 is 4.79 Å². The highest BCUT2D eigenvalue weighted by molar-refractivity contribution is 14.0. The Morgan fingerprint density at radius 2 is 1.52 bits per heavy atom. The van der Waals surface area contributed by atoms with E-state index >= 15 is 0 Å². The van der Waals surface area contributed by atoms with Crippen LogP contribution in [0.15, 0.2) is 4.99 Å². The van der Waals surface area contributed by atoms with Gasteiger partial charge in [-0.1, -0.05) is 38.5 Å². The lowest BCUT2D eigenvalue weighted by Gasteiger charge is -2.37. The van der Waals surface area contributed by atoms with Crippen LogP contribution < -0.4 is 11.1 Å². The van der Waals surface area contributed by atoms with Crippen LogP contribution in [0.3, 0.4) is 0 Å². The maximum atomic E-state index is 12.6. The van der Waals surface area contributed by atoms with Gasteiger partial charge in [0.15, 0.2) is 5.96 Å². The van der Waals surface area contributed by atoms with E-state index in [0.29, 0.717) is 23.8 Å². The molecule has 7 heteroatoms. The Morgan fingerprint density at radius 3 is 2.15 bits per heavy atom. The summed E-state index contributed by atoms with van der Waals surface area (Å²) in [6, 6.07) is 0.516. The van der Waals surface area contributed by atoms with Crippen LogP contribution in [0.25, 0.3) is 0 Å². The molecular formula is C20H38IN5O. The predicted molar refractivity (Wildman–Crippen MR) is 122 cm³/mol. The quantitative estimate of drug-likeness (QED) is 0.352. The van der Waals surface area contributed by atoms with Crippen LogP contribution in [0.2, 0.25) is 0 Å². The lowest BCUT2D eigenvalue weighted by Crippen LogP contribution is -2.51. The smallest absolute Gasteiger partial charge is 0.225 e. The number of nitrogens with one attached hydrogen (secondary N) is 1. The van der Waals surface area contributed by atoms with Crippen LogP contribution >= 0.6 is 24.0 Å². The molecule has 1 heterocycles. The van der Waals surface area contributed by atoms with Crippen LogP contribution in [0.1, 0.15) is 64.2 Å². The minimum Gasteiger partial charge on any atom is -0.370 e. The van der Waals surface area contributed by atoms with Gasteiger partial charge in [0.25, 0.3) is 0 Å². The van der Waals surface area contributed by atoms with E-state index in [4.69, 9.17) is 5.73 Å². The number of piperazine rings is 1. The molecule has 3 N–H and O–H groups in total. The molecule has 3 rings (SSSR count). The van der Waals surface area contributed by atoms with Gasteiger partial charge in [-0.15, -0.1) is 24.0 Å². The lowest BCUT2D eigenvalue weighted by atomic mass is 9.88. The van der Waals surface area contributed by atoms with Crippen LogP contribution in [0, 0.1) is 5.92 Å². The highest BCUT2D eigenvalue weighted by Crippen LogP contribution is 2.25. The minimum absolute atomic E-state index is 0. The average Bonchev–Trinajstić information content (AvgIpc) is 2.69. The first-order valence-corrected chi connectivity index (χ1v) is 10.8. The standard InChI is InChI=1S/C20H37N5O.HI/c21-20(23-18-9-5-2-6-10-18)22-11-12-24-13-15-25(16-14-24)19(26)17-7-3-1-4-8-17;/h17-18H,1-16H2,(H3,21,22,23);1H. The van der Waals surface area contributed by atoms with Crippen LogP contribution in [0.4, 0.5) is 0 Å². The molecule has 27 heavy (non-hydrogen) atoms. The Morgan fingerprint density at radius 1 is 0.926 bits per heavy atom. The van der Waals surface area contributed by atoms with Crippen molar-refractivity contribution in [3.8, 4) is 0 Å². The maximum Gasteiger partial charge on any atom is 0.225 e. The second-order valence-electron chi connectivity index (χ2n) is 8.25. The summed E-state index contributed by atoms with van der Waals surface area (Å²) in [7, 11) is 0. The number of carbonyl (C=O) groups is 1. The van der Waals surface area contributed by atoms with Gasteiger partial charge in [0.1, 0.15) is 0 Å². The third-order valence-electron chi connectivity index (χ3n) is 6.29. The maximum absolute atomic E-state index is 12.6. The number of amides is 1. The molecule has 3 aliphatic rings. The van der Waals surface area contributed by atoms with Gasteiger partial charge in [0, 0.05) is 44.7 Å². The molecule has 2 saturated carbocycles. The topological polar surface area (TPSA) is 74.0 Å². The first-order valence-electron chi connectivity index (χ1n) is 10.8. The fraction of sp³-hybridized carbons (Fsp3) is 0.900. The van der Waals surface area contributed by atoms with Crippen molar-refractivity contribution in [3.05, 3.63) is 0 Å². The summed E-state index contributed by atoms with van der Waals surface area (Å²) in [5, 5.41) is 3.37. The molecule has 0 radical (unpaired) electrons. The van der Waals surface area contributed by atoms with Gasteiger partial charge < -0.3 is 16.0 Å². The molecule has 0 spiro atoms. The molecular weight excluding hydrogens is 453 g/mol. The van der Waals surface area contributed by atoms with E-state index in [-0.39, 0.29) is 24.0 Å². The summed E-state index contributed by atoms with van der Waals surface area (Å²) < 4.78 is 0. The molecule has 156 valence electrons.